The third-order valence-electron chi connectivity index (χ3n) is 5.69. The zero-order valence-corrected chi connectivity index (χ0v) is 18.3. The molecule has 6 nitrogen and oxygen atoms in total. The molecule has 1 aliphatic heterocycles. The molecule has 0 amide bonds. The fraction of sp³-hybridized carbons (Fsp3) is 0.348. The number of nitrogens with zero attached hydrogens (tertiary/aromatic N) is 2. The molecule has 176 valence electrons. The van der Waals surface area contributed by atoms with E-state index in [1.807, 2.05) is 0 Å². The Kier molecular flexibility index (Phi) is 7.56. The van der Waals surface area contributed by atoms with Crippen LogP contribution in [0.5, 0.6) is 0 Å². The van der Waals surface area contributed by atoms with Crippen LogP contribution >= 0.6 is 12.4 Å². The minimum Gasteiger partial charge on any atom is -0.391 e. The van der Waals surface area contributed by atoms with Gasteiger partial charge in [0.1, 0.15) is 0 Å². The summed E-state index contributed by atoms with van der Waals surface area (Å²) in [5.41, 5.74) is -0.0676. The second-order valence-corrected chi connectivity index (χ2v) is 8.00. The Hall–Kier alpha value is -2.75. The lowest BCUT2D eigenvalue weighted by atomic mass is 9.97. The van der Waals surface area contributed by atoms with Gasteiger partial charge in [-0.2, -0.15) is 13.2 Å². The molecule has 0 unspecified atom stereocenters. The molecule has 3 aromatic rings. The molecule has 1 saturated heterocycles. The van der Waals surface area contributed by atoms with Gasteiger partial charge >= 0.3 is 6.18 Å². The van der Waals surface area contributed by atoms with Crippen LogP contribution < -0.4 is 10.9 Å². The Balaban J connectivity index is 0.00000306. The summed E-state index contributed by atoms with van der Waals surface area (Å²) in [6.07, 6.45) is -2.22. The molecule has 0 spiro atoms. The summed E-state index contributed by atoms with van der Waals surface area (Å²) >= 11 is 0. The first kappa shape index (κ1) is 24.9. The predicted octanol–water partition coefficient (Wildman–Crippen LogP) is 3.58. The van der Waals surface area contributed by atoms with Gasteiger partial charge in [0, 0.05) is 12.5 Å². The first-order valence-electron chi connectivity index (χ1n) is 10.3. The van der Waals surface area contributed by atoms with Gasteiger partial charge in [0.25, 0.3) is 5.56 Å². The molecule has 2 heterocycles. The van der Waals surface area contributed by atoms with E-state index in [0.29, 0.717) is 23.1 Å². The number of Topliss-reactive ketones (excluding diaryl/α,β-unsaturated/α-hetero) is 1. The number of hydrogen-bond acceptors (Lipinski definition) is 5. The van der Waals surface area contributed by atoms with Crippen molar-refractivity contribution in [3.8, 4) is 11.1 Å². The molecule has 0 radical (unpaired) electrons. The van der Waals surface area contributed by atoms with Gasteiger partial charge in [-0.05, 0) is 54.8 Å². The van der Waals surface area contributed by atoms with Crippen molar-refractivity contribution in [2.45, 2.75) is 44.1 Å². The van der Waals surface area contributed by atoms with E-state index in [1.54, 1.807) is 12.1 Å². The molecule has 2 aromatic carbocycles. The monoisotopic (exact) mass is 481 g/mol. The minimum absolute atomic E-state index is 0. The maximum atomic E-state index is 13.1. The Morgan fingerprint density at radius 3 is 2.67 bits per heavy atom. The van der Waals surface area contributed by atoms with Crippen LogP contribution in [-0.4, -0.2) is 39.1 Å². The van der Waals surface area contributed by atoms with Crippen LogP contribution in [0.1, 0.15) is 24.8 Å². The van der Waals surface area contributed by atoms with Gasteiger partial charge in [-0.3, -0.25) is 14.2 Å². The van der Waals surface area contributed by atoms with Crippen molar-refractivity contribution in [2.24, 2.45) is 0 Å². The molecule has 1 aromatic heterocycles. The lowest BCUT2D eigenvalue weighted by Gasteiger charge is -2.28. The zero-order valence-electron chi connectivity index (χ0n) is 17.5. The van der Waals surface area contributed by atoms with E-state index < -0.39 is 23.4 Å². The number of nitrogens with one attached hydrogen (secondary N) is 1. The largest absolute Gasteiger partial charge is 0.416 e. The number of aliphatic hydroxyl groups is 1. The Morgan fingerprint density at radius 2 is 1.94 bits per heavy atom. The summed E-state index contributed by atoms with van der Waals surface area (Å²) in [5.74, 6) is -0.222. The molecule has 33 heavy (non-hydrogen) atoms. The number of benzene rings is 2. The summed E-state index contributed by atoms with van der Waals surface area (Å²) in [7, 11) is 0. The molecule has 0 saturated carbocycles. The maximum absolute atomic E-state index is 13.1. The van der Waals surface area contributed by atoms with Crippen LogP contribution in [0.25, 0.3) is 22.0 Å². The van der Waals surface area contributed by atoms with Crippen molar-refractivity contribution in [1.82, 2.24) is 14.9 Å². The summed E-state index contributed by atoms with van der Waals surface area (Å²) in [4.78, 5) is 29.7. The van der Waals surface area contributed by atoms with E-state index in [1.165, 1.54) is 29.1 Å². The molecule has 0 aliphatic carbocycles. The molecular formula is C23H23ClF3N3O3. The second-order valence-electron chi connectivity index (χ2n) is 8.00. The van der Waals surface area contributed by atoms with Crippen molar-refractivity contribution in [2.75, 3.05) is 6.54 Å². The molecule has 2 atom stereocenters. The SMILES string of the molecule is Cl.O=C(C[C@H]1NCCC[C@@H]1O)Cn1cnc2ccc(-c3cccc(C(F)(F)F)c3)cc2c1=O. The fourth-order valence-corrected chi connectivity index (χ4v) is 3.97. The number of alkyl halides is 3. The Morgan fingerprint density at radius 1 is 1.18 bits per heavy atom. The lowest BCUT2D eigenvalue weighted by Crippen LogP contribution is -2.46. The van der Waals surface area contributed by atoms with Crippen molar-refractivity contribution in [3.63, 3.8) is 0 Å². The molecule has 2 N–H and O–H groups in total. The smallest absolute Gasteiger partial charge is 0.391 e. The second kappa shape index (κ2) is 10.0. The number of carbonyl (C=O) groups is 1. The number of aromatic nitrogens is 2. The van der Waals surface area contributed by atoms with E-state index in [-0.39, 0.29) is 42.6 Å². The number of aliphatic hydroxyl groups excluding tert-OH is 1. The van der Waals surface area contributed by atoms with Gasteiger partial charge in [0.05, 0.1) is 35.4 Å². The van der Waals surface area contributed by atoms with E-state index in [9.17, 15) is 27.9 Å². The summed E-state index contributed by atoms with van der Waals surface area (Å²) < 4.78 is 40.3. The molecule has 1 fully saturated rings. The maximum Gasteiger partial charge on any atom is 0.416 e. The van der Waals surface area contributed by atoms with Gasteiger partial charge in [0.2, 0.25) is 0 Å². The molecule has 1 aliphatic rings. The number of hydrogen-bond donors (Lipinski definition) is 2. The van der Waals surface area contributed by atoms with Gasteiger partial charge in [0.15, 0.2) is 5.78 Å². The number of fused-ring (bicyclic) bond motifs is 1. The van der Waals surface area contributed by atoms with Crippen molar-refractivity contribution in [3.05, 3.63) is 64.7 Å². The summed E-state index contributed by atoms with van der Waals surface area (Å²) in [6.45, 7) is 0.533. The standard InChI is InChI=1S/C23H22F3N3O3.ClH/c24-23(25,26)16-4-1-3-14(9-16)15-6-7-19-18(10-15)22(32)29(13-28-19)12-17(30)11-20-21(31)5-2-8-27-20;/h1,3-4,6-7,9-10,13,20-21,27,31H,2,5,8,11-12H2;1H/t20-,21+;/m1./s1. The summed E-state index contributed by atoms with van der Waals surface area (Å²) in [5, 5.41) is 13.4. The van der Waals surface area contributed by atoms with Crippen LogP contribution in [0.4, 0.5) is 13.2 Å². The number of carbonyl (C=O) groups excluding carboxylic acids is 1. The highest BCUT2D eigenvalue weighted by Crippen LogP contribution is 2.32. The third-order valence-corrected chi connectivity index (χ3v) is 5.69. The van der Waals surface area contributed by atoms with E-state index in [4.69, 9.17) is 0 Å². The zero-order chi connectivity index (χ0) is 22.9. The Labute approximate surface area is 193 Å². The van der Waals surface area contributed by atoms with Crippen molar-refractivity contribution >= 4 is 29.1 Å². The quantitative estimate of drug-likeness (QED) is 0.582. The first-order valence-corrected chi connectivity index (χ1v) is 10.3. The first-order chi connectivity index (χ1) is 15.2. The number of piperidine rings is 1. The highest BCUT2D eigenvalue weighted by molar-refractivity contribution is 5.85. The van der Waals surface area contributed by atoms with E-state index in [0.717, 1.165) is 25.1 Å². The van der Waals surface area contributed by atoms with Crippen LogP contribution in [0.15, 0.2) is 53.6 Å². The van der Waals surface area contributed by atoms with Crippen LogP contribution in [-0.2, 0) is 17.5 Å². The highest BCUT2D eigenvalue weighted by atomic mass is 35.5. The lowest BCUT2D eigenvalue weighted by molar-refractivity contribution is -0.137. The highest BCUT2D eigenvalue weighted by Gasteiger charge is 2.30. The Bertz CT molecular complexity index is 1210. The van der Waals surface area contributed by atoms with Crippen LogP contribution in [0, 0.1) is 0 Å². The van der Waals surface area contributed by atoms with E-state index >= 15 is 0 Å². The average molecular weight is 482 g/mol. The predicted molar refractivity (Wildman–Crippen MR) is 120 cm³/mol. The van der Waals surface area contributed by atoms with E-state index in [2.05, 4.69) is 10.3 Å². The van der Waals surface area contributed by atoms with Crippen LogP contribution in [0.2, 0.25) is 0 Å². The topological polar surface area (TPSA) is 84.2 Å². The average Bonchev–Trinajstić information content (AvgIpc) is 2.77. The number of halogens is 4. The van der Waals surface area contributed by atoms with Gasteiger partial charge < -0.3 is 10.4 Å². The van der Waals surface area contributed by atoms with Crippen LogP contribution in [0.3, 0.4) is 0 Å². The third kappa shape index (κ3) is 5.61. The molecule has 0 bridgehead atoms. The molecule has 4 rings (SSSR count). The van der Waals surface area contributed by atoms with Gasteiger partial charge in [-0.1, -0.05) is 18.2 Å². The van der Waals surface area contributed by atoms with Gasteiger partial charge in [-0.25, -0.2) is 4.98 Å². The van der Waals surface area contributed by atoms with Crippen molar-refractivity contribution in [1.29, 1.82) is 0 Å². The fourth-order valence-electron chi connectivity index (χ4n) is 3.97. The normalized spacial score (nSPS) is 18.7. The van der Waals surface area contributed by atoms with Crippen molar-refractivity contribution < 1.29 is 23.1 Å². The minimum atomic E-state index is -4.47. The molecule has 10 heteroatoms. The summed E-state index contributed by atoms with van der Waals surface area (Å²) in [6, 6.07) is 9.20. The molecular weight excluding hydrogens is 459 g/mol. The van der Waals surface area contributed by atoms with Gasteiger partial charge in [-0.15, -0.1) is 12.4 Å². The number of rotatable bonds is 5. The number of ketones is 1.